The second-order valence-corrected chi connectivity index (χ2v) is 5.53. The molecule has 0 aromatic rings. The van der Waals surface area contributed by atoms with Crippen molar-refractivity contribution in [1.29, 1.82) is 0 Å². The second-order valence-electron chi connectivity index (χ2n) is 5.53. The van der Waals surface area contributed by atoms with Gasteiger partial charge in [-0.05, 0) is 0 Å². The molecule has 0 N–H and O–H groups in total. The molecular weight excluding hydrogens is 155 g/mol. The Hall–Kier alpha value is 0.0649. The van der Waals surface area contributed by atoms with Gasteiger partial charge in [-0.2, -0.15) is 0 Å². The van der Waals surface area contributed by atoms with Crippen LogP contribution in [-0.4, -0.2) is 7.28 Å². The summed E-state index contributed by atoms with van der Waals surface area (Å²) in [4.78, 5) is 0. The summed E-state index contributed by atoms with van der Waals surface area (Å²) in [5.41, 5.74) is 0. The van der Waals surface area contributed by atoms with Gasteiger partial charge in [-0.15, -0.1) is 0 Å². The van der Waals surface area contributed by atoms with Crippen LogP contribution >= 0.6 is 0 Å². The van der Waals surface area contributed by atoms with Gasteiger partial charge in [0, 0.05) is 0 Å². The van der Waals surface area contributed by atoms with Crippen LogP contribution in [0, 0.1) is 0 Å². The van der Waals surface area contributed by atoms with Gasteiger partial charge in [0.1, 0.15) is 7.28 Å². The molecule has 0 aromatic heterocycles. The third kappa shape index (κ3) is 8.40. The summed E-state index contributed by atoms with van der Waals surface area (Å²) in [6.45, 7) is 11.7. The van der Waals surface area contributed by atoms with Gasteiger partial charge in [0.2, 0.25) is 0 Å². The zero-order valence-corrected chi connectivity index (χ0v) is 10.3. The molecule has 0 saturated carbocycles. The average molecular weight is 182 g/mol. The summed E-state index contributed by atoms with van der Waals surface area (Å²) >= 11 is 0. The summed E-state index contributed by atoms with van der Waals surface area (Å²) in [6.07, 6.45) is 7.01. The number of hydrogen-bond acceptors (Lipinski definition) is 0. The average Bonchev–Trinajstić information content (AvgIpc) is 2.01. The Morgan fingerprint density at radius 1 is 1.08 bits per heavy atom. The molecule has 0 radical (unpaired) electrons. The predicted octanol–water partition coefficient (Wildman–Crippen LogP) is 4.42. The first-order valence-corrected chi connectivity index (χ1v) is 5.99. The Balaban J connectivity index is 3.63. The molecule has 1 unspecified atom stereocenters. The Labute approximate surface area is 85.7 Å². The van der Waals surface area contributed by atoms with Gasteiger partial charge in [0.25, 0.3) is 0 Å². The van der Waals surface area contributed by atoms with E-state index in [4.69, 9.17) is 0 Å². The summed E-state index contributed by atoms with van der Waals surface area (Å²) in [6, 6.07) is 0. The SMILES string of the molecule is CCCCCC(BC(C)(C)C)CC. The van der Waals surface area contributed by atoms with Crippen molar-refractivity contribution < 1.29 is 0 Å². The van der Waals surface area contributed by atoms with E-state index in [2.05, 4.69) is 34.6 Å². The molecule has 78 valence electrons. The fraction of sp³-hybridized carbons (Fsp3) is 1.00. The topological polar surface area (TPSA) is 0 Å². The van der Waals surface area contributed by atoms with Gasteiger partial charge in [-0.3, -0.25) is 0 Å². The van der Waals surface area contributed by atoms with Crippen LogP contribution in [-0.2, 0) is 0 Å². The lowest BCUT2D eigenvalue weighted by atomic mass is 9.46. The zero-order valence-electron chi connectivity index (χ0n) is 10.3. The number of unbranched alkanes of at least 4 members (excludes halogenated alkanes) is 2. The molecule has 0 fully saturated rings. The summed E-state index contributed by atoms with van der Waals surface area (Å²) in [5.74, 6) is 0.964. The Kier molecular flexibility index (Phi) is 6.54. The van der Waals surface area contributed by atoms with Gasteiger partial charge in [0.15, 0.2) is 0 Å². The van der Waals surface area contributed by atoms with Gasteiger partial charge < -0.3 is 0 Å². The van der Waals surface area contributed by atoms with Crippen LogP contribution in [0.3, 0.4) is 0 Å². The van der Waals surface area contributed by atoms with E-state index in [0.717, 1.165) is 5.82 Å². The van der Waals surface area contributed by atoms with Crippen LogP contribution in [0.25, 0.3) is 0 Å². The third-order valence-corrected chi connectivity index (χ3v) is 2.69. The fourth-order valence-electron chi connectivity index (χ4n) is 2.00. The highest BCUT2D eigenvalue weighted by molar-refractivity contribution is 6.41. The van der Waals surface area contributed by atoms with E-state index >= 15 is 0 Å². The van der Waals surface area contributed by atoms with Crippen molar-refractivity contribution in [2.45, 2.75) is 77.9 Å². The minimum atomic E-state index is 0.521. The zero-order chi connectivity index (χ0) is 10.3. The highest BCUT2D eigenvalue weighted by Gasteiger charge is 2.18. The van der Waals surface area contributed by atoms with Crippen molar-refractivity contribution in [2.75, 3.05) is 0 Å². The Morgan fingerprint density at radius 2 is 1.69 bits per heavy atom. The molecule has 0 nitrogen and oxygen atoms in total. The molecule has 0 heterocycles. The van der Waals surface area contributed by atoms with Crippen LogP contribution < -0.4 is 0 Å². The maximum atomic E-state index is 2.36. The Bertz CT molecular complexity index is 113. The highest BCUT2D eigenvalue weighted by atomic mass is 14.1. The van der Waals surface area contributed by atoms with Crippen molar-refractivity contribution in [3.05, 3.63) is 0 Å². The van der Waals surface area contributed by atoms with Crippen molar-refractivity contribution in [2.24, 2.45) is 0 Å². The first-order valence-electron chi connectivity index (χ1n) is 5.99. The first kappa shape index (κ1) is 13.1. The van der Waals surface area contributed by atoms with Gasteiger partial charge in [-0.25, -0.2) is 0 Å². The van der Waals surface area contributed by atoms with E-state index in [1.807, 2.05) is 0 Å². The van der Waals surface area contributed by atoms with Gasteiger partial charge >= 0.3 is 0 Å². The summed E-state index contributed by atoms with van der Waals surface area (Å²) in [5, 5.41) is 0.521. The van der Waals surface area contributed by atoms with Crippen molar-refractivity contribution in [1.82, 2.24) is 0 Å². The van der Waals surface area contributed by atoms with Gasteiger partial charge in [0.05, 0.1) is 0 Å². The molecule has 0 aliphatic carbocycles. The smallest absolute Gasteiger partial charge is 0.0671 e. The minimum absolute atomic E-state index is 0.521. The predicted molar refractivity (Wildman–Crippen MR) is 65.0 cm³/mol. The lowest BCUT2D eigenvalue weighted by molar-refractivity contribution is 0.602. The number of rotatable bonds is 6. The molecule has 0 aliphatic heterocycles. The fourth-order valence-corrected chi connectivity index (χ4v) is 2.00. The normalized spacial score (nSPS) is 14.2. The molecule has 1 heteroatoms. The summed E-state index contributed by atoms with van der Waals surface area (Å²) < 4.78 is 0. The monoisotopic (exact) mass is 182 g/mol. The quantitative estimate of drug-likeness (QED) is 0.421. The van der Waals surface area contributed by atoms with Crippen LogP contribution in [0.4, 0.5) is 0 Å². The largest absolute Gasteiger partial charge is 0.130 e. The van der Waals surface area contributed by atoms with E-state index < -0.39 is 0 Å². The summed E-state index contributed by atoms with van der Waals surface area (Å²) in [7, 11) is 1.40. The van der Waals surface area contributed by atoms with Gasteiger partial charge in [-0.1, -0.05) is 77.9 Å². The van der Waals surface area contributed by atoms with Crippen molar-refractivity contribution in [3.8, 4) is 0 Å². The first-order chi connectivity index (χ1) is 5.99. The van der Waals surface area contributed by atoms with Crippen molar-refractivity contribution in [3.63, 3.8) is 0 Å². The van der Waals surface area contributed by atoms with Crippen LogP contribution in [0.5, 0.6) is 0 Å². The maximum Gasteiger partial charge on any atom is 0.130 e. The Morgan fingerprint density at radius 3 is 2.08 bits per heavy atom. The molecule has 0 aromatic carbocycles. The molecule has 0 spiro atoms. The number of hydrogen-bond donors (Lipinski definition) is 0. The molecule has 1 atom stereocenters. The maximum absolute atomic E-state index is 2.36. The molecule has 13 heavy (non-hydrogen) atoms. The second kappa shape index (κ2) is 6.51. The van der Waals surface area contributed by atoms with E-state index in [9.17, 15) is 0 Å². The molecule has 0 bridgehead atoms. The van der Waals surface area contributed by atoms with Crippen LogP contribution in [0.1, 0.15) is 66.7 Å². The van der Waals surface area contributed by atoms with E-state index in [1.54, 1.807) is 0 Å². The van der Waals surface area contributed by atoms with E-state index in [-0.39, 0.29) is 0 Å². The van der Waals surface area contributed by atoms with Crippen LogP contribution in [0.2, 0.25) is 11.1 Å². The third-order valence-electron chi connectivity index (χ3n) is 2.69. The van der Waals surface area contributed by atoms with E-state index in [1.165, 1.54) is 39.4 Å². The van der Waals surface area contributed by atoms with Crippen LogP contribution in [0.15, 0.2) is 0 Å². The minimum Gasteiger partial charge on any atom is -0.0671 e. The molecular formula is C12H27B. The lowest BCUT2D eigenvalue weighted by Gasteiger charge is -2.23. The lowest BCUT2D eigenvalue weighted by Crippen LogP contribution is -2.14. The molecule has 0 aliphatic rings. The molecule has 0 rings (SSSR count). The molecule has 0 amide bonds. The standard InChI is InChI=1S/C12H27B/c1-6-8-9-10-11(7-2)13-12(3,4)5/h11,13H,6-10H2,1-5H3. The van der Waals surface area contributed by atoms with Crippen molar-refractivity contribution >= 4 is 7.28 Å². The highest BCUT2D eigenvalue weighted by Crippen LogP contribution is 2.30. The van der Waals surface area contributed by atoms with E-state index in [0.29, 0.717) is 5.31 Å². The molecule has 0 saturated heterocycles.